The van der Waals surface area contributed by atoms with Gasteiger partial charge in [-0.25, -0.2) is 4.39 Å². The first kappa shape index (κ1) is 18.6. The summed E-state index contributed by atoms with van der Waals surface area (Å²) >= 11 is 0.612. The first-order chi connectivity index (χ1) is 10.8. The summed E-state index contributed by atoms with van der Waals surface area (Å²) in [6.07, 6.45) is -12.3. The minimum Gasteiger partial charge on any atom is -0.218 e. The predicted octanol–water partition coefficient (Wildman–Crippen LogP) is 5.42. The lowest BCUT2D eigenvalue weighted by Crippen LogP contribution is -2.50. The van der Waals surface area contributed by atoms with E-state index in [9.17, 15) is 30.7 Å². The SMILES string of the molecule is Cc1cc(C)c(-c2snnc2C)c(C(F)(C(F)(F)F)C(F)(F)F)c1. The maximum absolute atomic E-state index is 14.6. The summed E-state index contributed by atoms with van der Waals surface area (Å²) < 4.78 is 97.0. The summed E-state index contributed by atoms with van der Waals surface area (Å²) in [6.45, 7) is 3.99. The van der Waals surface area contributed by atoms with Gasteiger partial charge in [0.2, 0.25) is 0 Å². The zero-order valence-corrected chi connectivity index (χ0v) is 13.4. The summed E-state index contributed by atoms with van der Waals surface area (Å²) in [5, 5.41) is 3.59. The van der Waals surface area contributed by atoms with E-state index >= 15 is 0 Å². The molecule has 2 rings (SSSR count). The zero-order chi connectivity index (χ0) is 18.5. The van der Waals surface area contributed by atoms with Gasteiger partial charge in [-0.2, -0.15) is 26.3 Å². The lowest BCUT2D eigenvalue weighted by molar-refractivity contribution is -0.348. The van der Waals surface area contributed by atoms with Crippen LogP contribution in [0.2, 0.25) is 0 Å². The summed E-state index contributed by atoms with van der Waals surface area (Å²) in [7, 11) is 0. The molecule has 0 bridgehead atoms. The van der Waals surface area contributed by atoms with E-state index in [1.54, 1.807) is 0 Å². The molecule has 24 heavy (non-hydrogen) atoms. The highest BCUT2D eigenvalue weighted by molar-refractivity contribution is 7.09. The minimum atomic E-state index is -6.17. The van der Waals surface area contributed by atoms with Gasteiger partial charge in [0.05, 0.1) is 10.6 Å². The Morgan fingerprint density at radius 1 is 0.875 bits per heavy atom. The van der Waals surface area contributed by atoms with Crippen molar-refractivity contribution in [3.63, 3.8) is 0 Å². The third-order valence-electron chi connectivity index (χ3n) is 3.51. The van der Waals surface area contributed by atoms with Crippen molar-refractivity contribution in [2.75, 3.05) is 0 Å². The van der Waals surface area contributed by atoms with E-state index in [1.165, 1.54) is 26.8 Å². The van der Waals surface area contributed by atoms with E-state index in [1.807, 2.05) is 0 Å². The van der Waals surface area contributed by atoms with Crippen molar-refractivity contribution in [1.82, 2.24) is 9.59 Å². The molecule has 1 heterocycles. The second-order valence-electron chi connectivity index (χ2n) is 5.35. The maximum atomic E-state index is 14.6. The number of rotatable bonds is 2. The molecule has 1 aromatic carbocycles. The van der Waals surface area contributed by atoms with Crippen LogP contribution < -0.4 is 0 Å². The van der Waals surface area contributed by atoms with Gasteiger partial charge in [-0.1, -0.05) is 22.2 Å². The van der Waals surface area contributed by atoms with Gasteiger partial charge >= 0.3 is 18.0 Å². The number of aryl methyl sites for hydroxylation is 3. The highest BCUT2D eigenvalue weighted by Gasteiger charge is 2.74. The van der Waals surface area contributed by atoms with Crippen LogP contribution in [-0.4, -0.2) is 21.9 Å². The van der Waals surface area contributed by atoms with Crippen molar-refractivity contribution in [2.45, 2.75) is 38.8 Å². The standard InChI is InChI=1S/C14H11F7N2S/c1-6-4-7(2)10(11-8(3)22-23-24-11)9(5-6)12(15,13(16,17)18)14(19,20)21/h4-5H,1-3H3. The molecular weight excluding hydrogens is 361 g/mol. The van der Waals surface area contributed by atoms with Crippen LogP contribution in [0.25, 0.3) is 10.4 Å². The number of aromatic nitrogens is 2. The first-order valence-electron chi connectivity index (χ1n) is 6.54. The lowest BCUT2D eigenvalue weighted by atomic mass is 9.85. The molecule has 2 nitrogen and oxygen atoms in total. The van der Waals surface area contributed by atoms with E-state index in [4.69, 9.17) is 0 Å². The average Bonchev–Trinajstić information content (AvgIpc) is 2.80. The summed E-state index contributed by atoms with van der Waals surface area (Å²) in [4.78, 5) is -0.0296. The zero-order valence-electron chi connectivity index (χ0n) is 12.6. The molecule has 0 saturated heterocycles. The van der Waals surface area contributed by atoms with Gasteiger partial charge in [0.1, 0.15) is 0 Å². The van der Waals surface area contributed by atoms with Crippen molar-refractivity contribution in [2.24, 2.45) is 0 Å². The molecule has 0 aliphatic rings. The van der Waals surface area contributed by atoms with Crippen LogP contribution >= 0.6 is 11.5 Å². The Balaban J connectivity index is 2.95. The molecular formula is C14H11F7N2S. The highest BCUT2D eigenvalue weighted by atomic mass is 32.1. The Labute approximate surface area is 136 Å². The molecule has 0 spiro atoms. The molecule has 0 saturated carbocycles. The van der Waals surface area contributed by atoms with Crippen molar-refractivity contribution < 1.29 is 30.7 Å². The van der Waals surface area contributed by atoms with Gasteiger partial charge in [-0.3, -0.25) is 0 Å². The second-order valence-corrected chi connectivity index (χ2v) is 6.10. The maximum Gasteiger partial charge on any atom is 0.435 e. The second kappa shape index (κ2) is 5.68. The molecule has 0 atom stereocenters. The van der Waals surface area contributed by atoms with Crippen LogP contribution in [-0.2, 0) is 5.67 Å². The van der Waals surface area contributed by atoms with Gasteiger partial charge < -0.3 is 0 Å². The predicted molar refractivity (Wildman–Crippen MR) is 74.5 cm³/mol. The Bertz CT molecular complexity index is 747. The third kappa shape index (κ3) is 2.76. The molecule has 0 unspecified atom stereocenters. The van der Waals surface area contributed by atoms with Crippen LogP contribution in [0.5, 0.6) is 0 Å². The van der Waals surface area contributed by atoms with Crippen LogP contribution in [0.4, 0.5) is 30.7 Å². The Morgan fingerprint density at radius 2 is 1.42 bits per heavy atom. The smallest absolute Gasteiger partial charge is 0.218 e. The molecule has 0 aliphatic carbocycles. The lowest BCUT2D eigenvalue weighted by Gasteiger charge is -2.32. The highest BCUT2D eigenvalue weighted by Crippen LogP contribution is 2.56. The normalized spacial score (nSPS) is 13.4. The number of hydrogen-bond acceptors (Lipinski definition) is 3. The van der Waals surface area contributed by atoms with Gasteiger partial charge in [-0.15, -0.1) is 5.10 Å². The van der Waals surface area contributed by atoms with Gasteiger partial charge in [0.15, 0.2) is 0 Å². The van der Waals surface area contributed by atoms with Crippen molar-refractivity contribution in [3.8, 4) is 10.4 Å². The molecule has 132 valence electrons. The molecule has 0 N–H and O–H groups in total. The first-order valence-corrected chi connectivity index (χ1v) is 7.31. The summed E-state index contributed by atoms with van der Waals surface area (Å²) in [5.74, 6) is 0. The molecule has 0 amide bonds. The number of halogens is 7. The van der Waals surface area contributed by atoms with E-state index < -0.39 is 29.1 Å². The number of alkyl halides is 7. The third-order valence-corrected chi connectivity index (χ3v) is 4.36. The minimum absolute atomic E-state index is 0.0296. The van der Waals surface area contributed by atoms with E-state index in [2.05, 4.69) is 9.59 Å². The number of hydrogen-bond donors (Lipinski definition) is 0. The quantitative estimate of drug-likeness (QED) is 0.658. The fourth-order valence-corrected chi connectivity index (χ4v) is 3.25. The van der Waals surface area contributed by atoms with Crippen molar-refractivity contribution in [3.05, 3.63) is 34.5 Å². The monoisotopic (exact) mass is 372 g/mol. The Hall–Kier alpha value is -1.71. The van der Waals surface area contributed by atoms with Crippen molar-refractivity contribution >= 4 is 11.5 Å². The molecule has 0 radical (unpaired) electrons. The van der Waals surface area contributed by atoms with Crippen LogP contribution in [0, 0.1) is 20.8 Å². The molecule has 2 aromatic rings. The topological polar surface area (TPSA) is 25.8 Å². The van der Waals surface area contributed by atoms with Gasteiger partial charge in [0.25, 0.3) is 0 Å². The number of benzene rings is 1. The van der Waals surface area contributed by atoms with E-state index in [-0.39, 0.29) is 21.7 Å². The van der Waals surface area contributed by atoms with Crippen LogP contribution in [0.3, 0.4) is 0 Å². The largest absolute Gasteiger partial charge is 0.435 e. The Morgan fingerprint density at radius 3 is 1.83 bits per heavy atom. The van der Waals surface area contributed by atoms with Crippen LogP contribution in [0.1, 0.15) is 22.4 Å². The fraction of sp³-hybridized carbons (Fsp3) is 0.429. The summed E-state index contributed by atoms with van der Waals surface area (Å²) in [6, 6.07) is 1.95. The fourth-order valence-electron chi connectivity index (χ4n) is 2.47. The van der Waals surface area contributed by atoms with Crippen molar-refractivity contribution in [1.29, 1.82) is 0 Å². The summed E-state index contributed by atoms with van der Waals surface area (Å²) in [5.41, 5.74) is -7.19. The van der Waals surface area contributed by atoms with Gasteiger partial charge in [0, 0.05) is 11.1 Å². The Kier molecular flexibility index (Phi) is 4.41. The van der Waals surface area contributed by atoms with E-state index in [0.29, 0.717) is 17.6 Å². The number of nitrogens with zero attached hydrogens (tertiary/aromatic N) is 2. The average molecular weight is 372 g/mol. The molecule has 1 aromatic heterocycles. The molecule has 10 heteroatoms. The van der Waals surface area contributed by atoms with Crippen LogP contribution in [0.15, 0.2) is 12.1 Å². The molecule has 0 fully saturated rings. The molecule has 0 aliphatic heterocycles. The van der Waals surface area contributed by atoms with Gasteiger partial charge in [-0.05, 0) is 37.9 Å². The van der Waals surface area contributed by atoms with E-state index in [0.717, 1.165) is 0 Å².